The highest BCUT2D eigenvalue weighted by atomic mass is 32.2. The van der Waals surface area contributed by atoms with Gasteiger partial charge in [0.15, 0.2) is 0 Å². The molecule has 0 bridgehead atoms. The average molecular weight is 520 g/mol. The van der Waals surface area contributed by atoms with Crippen LogP contribution in [0, 0.1) is 6.92 Å². The predicted molar refractivity (Wildman–Crippen MR) is 141 cm³/mol. The van der Waals surface area contributed by atoms with Gasteiger partial charge in [0.1, 0.15) is 24.1 Å². The van der Waals surface area contributed by atoms with Gasteiger partial charge in [-0.1, -0.05) is 31.2 Å². The average Bonchev–Trinajstić information content (AvgIpc) is 2.84. The molecule has 0 aliphatic rings. The summed E-state index contributed by atoms with van der Waals surface area (Å²) in [6, 6.07) is 11.4. The first-order chi connectivity index (χ1) is 16.9. The molecule has 0 aromatic heterocycles. The maximum Gasteiger partial charge on any atom is 0.244 e. The third-order valence-corrected chi connectivity index (χ3v) is 7.23. The lowest BCUT2D eigenvalue weighted by molar-refractivity contribution is -0.139. The summed E-state index contributed by atoms with van der Waals surface area (Å²) in [5.74, 6) is -0.163. The molecule has 10 heteroatoms. The number of amides is 2. The molecule has 0 heterocycles. The van der Waals surface area contributed by atoms with E-state index in [9.17, 15) is 18.0 Å². The van der Waals surface area contributed by atoms with Crippen molar-refractivity contribution in [3.05, 3.63) is 53.6 Å². The zero-order valence-corrected chi connectivity index (χ0v) is 22.9. The number of nitrogens with zero attached hydrogens (tertiary/aromatic N) is 2. The minimum atomic E-state index is -3.90. The lowest BCUT2D eigenvalue weighted by Gasteiger charge is -2.32. The number of hydrogen-bond acceptors (Lipinski definition) is 6. The van der Waals surface area contributed by atoms with E-state index in [2.05, 4.69) is 5.32 Å². The summed E-state index contributed by atoms with van der Waals surface area (Å²) in [5, 5.41) is 2.91. The maximum absolute atomic E-state index is 13.7. The summed E-state index contributed by atoms with van der Waals surface area (Å²) < 4.78 is 37.3. The molecule has 2 amide bonds. The van der Waals surface area contributed by atoms with Crippen molar-refractivity contribution >= 4 is 27.5 Å². The van der Waals surface area contributed by atoms with Crippen molar-refractivity contribution in [2.24, 2.45) is 0 Å². The molecule has 2 rings (SSSR count). The molecule has 0 saturated carbocycles. The quantitative estimate of drug-likeness (QED) is 0.462. The summed E-state index contributed by atoms with van der Waals surface area (Å²) in [4.78, 5) is 28.1. The Morgan fingerprint density at radius 2 is 1.72 bits per heavy atom. The van der Waals surface area contributed by atoms with Gasteiger partial charge < -0.3 is 19.7 Å². The highest BCUT2D eigenvalue weighted by Gasteiger charge is 2.32. The second-order valence-corrected chi connectivity index (χ2v) is 10.7. The Morgan fingerprint density at radius 3 is 2.28 bits per heavy atom. The molecule has 9 nitrogen and oxygen atoms in total. The van der Waals surface area contributed by atoms with E-state index in [1.165, 1.54) is 25.2 Å². The molecule has 1 N–H and O–H groups in total. The molecule has 2 aromatic rings. The Balaban J connectivity index is 2.49. The maximum atomic E-state index is 13.7. The third kappa shape index (κ3) is 7.36. The number of hydrogen-bond donors (Lipinski definition) is 1. The van der Waals surface area contributed by atoms with Crippen LogP contribution in [0.3, 0.4) is 0 Å². The lowest BCUT2D eigenvalue weighted by atomic mass is 10.1. The zero-order valence-electron chi connectivity index (χ0n) is 22.1. The number of aryl methyl sites for hydroxylation is 1. The van der Waals surface area contributed by atoms with Gasteiger partial charge in [-0.15, -0.1) is 0 Å². The van der Waals surface area contributed by atoms with Gasteiger partial charge in [0, 0.05) is 18.7 Å². The molecule has 0 aliphatic heterocycles. The van der Waals surface area contributed by atoms with Gasteiger partial charge >= 0.3 is 0 Å². The topological polar surface area (TPSA) is 105 Å². The molecule has 0 aliphatic carbocycles. The van der Waals surface area contributed by atoms with Gasteiger partial charge in [0.2, 0.25) is 21.8 Å². The van der Waals surface area contributed by atoms with Crippen molar-refractivity contribution in [3.63, 3.8) is 0 Å². The molecule has 198 valence electrons. The van der Waals surface area contributed by atoms with Crippen LogP contribution in [0.1, 0.15) is 38.3 Å². The number of rotatable bonds is 12. The molecule has 0 saturated heterocycles. The van der Waals surface area contributed by atoms with Crippen LogP contribution in [0.25, 0.3) is 0 Å². The first-order valence-corrected chi connectivity index (χ1v) is 13.6. The van der Waals surface area contributed by atoms with E-state index in [4.69, 9.17) is 9.47 Å². The van der Waals surface area contributed by atoms with E-state index in [1.807, 2.05) is 45.0 Å². The van der Waals surface area contributed by atoms with Crippen LogP contribution in [0.15, 0.2) is 42.5 Å². The van der Waals surface area contributed by atoms with Crippen LogP contribution in [-0.4, -0.2) is 64.2 Å². The number of methoxy groups -OCH3 is 2. The molecular weight excluding hydrogens is 482 g/mol. The molecule has 36 heavy (non-hydrogen) atoms. The number of nitrogens with one attached hydrogen (secondary N) is 1. The number of sulfonamides is 1. The summed E-state index contributed by atoms with van der Waals surface area (Å²) in [7, 11) is -1.03. The second kappa shape index (κ2) is 12.6. The standard InChI is InChI=1S/C26H37N3O6S/c1-8-19(3)27-26(31)20(4)28(16-21-12-10-9-11-18(21)2)25(30)17-29(36(7,32)33)23-15-22(34-5)13-14-24(23)35-6/h9-15,19-20H,8,16-17H2,1-7H3,(H,27,31)/t19-,20+/m0/s1. The first kappa shape index (κ1) is 29.0. The van der Waals surface area contributed by atoms with Crippen molar-refractivity contribution in [1.29, 1.82) is 0 Å². The summed E-state index contributed by atoms with van der Waals surface area (Å²) >= 11 is 0. The zero-order chi connectivity index (χ0) is 27.0. The van der Waals surface area contributed by atoms with Crippen LogP contribution in [0.5, 0.6) is 11.5 Å². The van der Waals surface area contributed by atoms with Crippen LogP contribution in [0.4, 0.5) is 5.69 Å². The molecule has 0 radical (unpaired) electrons. The summed E-state index contributed by atoms with van der Waals surface area (Å²) in [6.07, 6.45) is 1.76. The largest absolute Gasteiger partial charge is 0.497 e. The Bertz CT molecular complexity index is 1170. The Labute approximate surface area is 214 Å². The van der Waals surface area contributed by atoms with Crippen molar-refractivity contribution in [2.75, 3.05) is 31.3 Å². The van der Waals surface area contributed by atoms with Gasteiger partial charge in [0.05, 0.1) is 26.2 Å². The number of carbonyl (C=O) groups excluding carboxylic acids is 2. The van der Waals surface area contributed by atoms with Crippen molar-refractivity contribution in [3.8, 4) is 11.5 Å². The van der Waals surface area contributed by atoms with Crippen LogP contribution < -0.4 is 19.1 Å². The normalized spacial score (nSPS) is 12.9. The van der Waals surface area contributed by atoms with E-state index in [0.29, 0.717) is 5.75 Å². The van der Waals surface area contributed by atoms with E-state index in [1.54, 1.807) is 19.1 Å². The minimum absolute atomic E-state index is 0.0658. The molecule has 0 spiro atoms. The first-order valence-electron chi connectivity index (χ1n) is 11.8. The van der Waals surface area contributed by atoms with Gasteiger partial charge in [-0.05, 0) is 50.5 Å². The van der Waals surface area contributed by atoms with Gasteiger partial charge in [-0.3, -0.25) is 13.9 Å². The van der Waals surface area contributed by atoms with E-state index in [-0.39, 0.29) is 29.9 Å². The second-order valence-electron chi connectivity index (χ2n) is 8.75. The molecule has 0 fully saturated rings. The smallest absolute Gasteiger partial charge is 0.244 e. The Morgan fingerprint density at radius 1 is 1.06 bits per heavy atom. The fourth-order valence-corrected chi connectivity index (χ4v) is 4.45. The summed E-state index contributed by atoms with van der Waals surface area (Å²) in [6.45, 7) is 7.04. The molecule has 0 unspecified atom stereocenters. The monoisotopic (exact) mass is 519 g/mol. The van der Waals surface area contributed by atoms with Crippen LogP contribution in [0.2, 0.25) is 0 Å². The molecule has 2 aromatic carbocycles. The Hall–Kier alpha value is -3.27. The van der Waals surface area contributed by atoms with Gasteiger partial charge in [-0.25, -0.2) is 8.42 Å². The summed E-state index contributed by atoms with van der Waals surface area (Å²) in [5.41, 5.74) is 1.98. The SMILES string of the molecule is CC[C@H](C)NC(=O)[C@@H](C)N(Cc1ccccc1C)C(=O)CN(c1cc(OC)ccc1OC)S(C)(=O)=O. The van der Waals surface area contributed by atoms with E-state index >= 15 is 0 Å². The number of anilines is 1. The third-order valence-electron chi connectivity index (χ3n) is 6.10. The predicted octanol–water partition coefficient (Wildman–Crippen LogP) is 3.11. The highest BCUT2D eigenvalue weighted by Crippen LogP contribution is 2.34. The van der Waals surface area contributed by atoms with Crippen molar-refractivity contribution < 1.29 is 27.5 Å². The minimum Gasteiger partial charge on any atom is -0.497 e. The molecular formula is C26H37N3O6S. The van der Waals surface area contributed by atoms with Gasteiger partial charge in [0.25, 0.3) is 0 Å². The molecule has 2 atom stereocenters. The van der Waals surface area contributed by atoms with E-state index in [0.717, 1.165) is 28.1 Å². The highest BCUT2D eigenvalue weighted by molar-refractivity contribution is 7.92. The fourth-order valence-electron chi connectivity index (χ4n) is 3.61. The number of carbonyl (C=O) groups is 2. The Kier molecular flexibility index (Phi) is 10.2. The van der Waals surface area contributed by atoms with Crippen molar-refractivity contribution in [1.82, 2.24) is 10.2 Å². The lowest BCUT2D eigenvalue weighted by Crippen LogP contribution is -2.52. The van der Waals surface area contributed by atoms with Crippen LogP contribution >= 0.6 is 0 Å². The van der Waals surface area contributed by atoms with E-state index < -0.39 is 28.5 Å². The number of benzene rings is 2. The fraction of sp³-hybridized carbons (Fsp3) is 0.462. The van der Waals surface area contributed by atoms with Crippen LogP contribution in [-0.2, 0) is 26.2 Å². The van der Waals surface area contributed by atoms with Crippen molar-refractivity contribution in [2.45, 2.75) is 52.7 Å². The number of ether oxygens (including phenoxy) is 2. The van der Waals surface area contributed by atoms with Gasteiger partial charge in [-0.2, -0.15) is 0 Å².